The third-order valence-corrected chi connectivity index (χ3v) is 7.08. The van der Waals surface area contributed by atoms with Crippen LogP contribution in [0.2, 0.25) is 0 Å². The molecule has 0 spiro atoms. The molecule has 1 amide bonds. The van der Waals surface area contributed by atoms with Crippen LogP contribution in [0, 0.1) is 11.3 Å². The summed E-state index contributed by atoms with van der Waals surface area (Å²) in [5.41, 5.74) is 9.23. The molecule has 0 unspecified atom stereocenters. The quantitative estimate of drug-likeness (QED) is 0.123. The molecule has 206 valence electrons. The van der Waals surface area contributed by atoms with Gasteiger partial charge in [0.05, 0.1) is 6.04 Å². The Morgan fingerprint density at radius 2 is 1.52 bits per heavy atom. The standard InChI is InChI=1S/C33H36N4O3/c1-22(33(40)37-20-24-7-11-26(12-8-24)32(34)35)17-31(39)30(16-10-23-5-3-2-4-6-23)36-21-25-9-13-28-19-29(38)15-14-27(28)18-25/h2-9,11-15,18-19,22,30,36,38H,10,16-17,20-21H2,1H3,(H3,34,35)(H,37,40)/t22-,30-/m1/s1. The minimum atomic E-state index is -0.474. The average Bonchev–Trinajstić information content (AvgIpc) is 2.96. The average molecular weight is 537 g/mol. The number of nitrogens with one attached hydrogen (secondary N) is 3. The SMILES string of the molecule is C[C@H](CC(=O)[C@@H](CCc1ccccc1)NCc1ccc2cc(O)ccc2c1)C(=O)NCc1ccc(C(=N)N)cc1. The summed E-state index contributed by atoms with van der Waals surface area (Å²) in [6.45, 7) is 2.63. The van der Waals surface area contributed by atoms with Gasteiger partial charge in [-0.25, -0.2) is 0 Å². The number of phenolic OH excluding ortho intramolecular Hbond substituents is 1. The van der Waals surface area contributed by atoms with Crippen LogP contribution in [-0.2, 0) is 29.1 Å². The molecule has 6 N–H and O–H groups in total. The van der Waals surface area contributed by atoms with Gasteiger partial charge in [0, 0.05) is 31.0 Å². The lowest BCUT2D eigenvalue weighted by Crippen LogP contribution is -2.39. The van der Waals surface area contributed by atoms with Crippen LogP contribution in [0.5, 0.6) is 5.75 Å². The van der Waals surface area contributed by atoms with E-state index in [4.69, 9.17) is 11.1 Å². The van der Waals surface area contributed by atoms with Crippen LogP contribution in [0.3, 0.4) is 0 Å². The number of amides is 1. The number of hydrogen-bond donors (Lipinski definition) is 5. The highest BCUT2D eigenvalue weighted by molar-refractivity contribution is 5.95. The molecule has 7 nitrogen and oxygen atoms in total. The van der Waals surface area contributed by atoms with E-state index in [0.29, 0.717) is 25.1 Å². The van der Waals surface area contributed by atoms with Crippen LogP contribution >= 0.6 is 0 Å². The van der Waals surface area contributed by atoms with Gasteiger partial charge in [-0.2, -0.15) is 0 Å². The third kappa shape index (κ3) is 8.01. The number of benzene rings is 4. The molecule has 0 saturated carbocycles. The fourth-order valence-electron chi connectivity index (χ4n) is 4.67. The molecular weight excluding hydrogens is 500 g/mol. The van der Waals surface area contributed by atoms with Crippen molar-refractivity contribution in [3.8, 4) is 5.75 Å². The monoisotopic (exact) mass is 536 g/mol. The molecule has 4 rings (SSSR count). The molecule has 0 aliphatic heterocycles. The maximum Gasteiger partial charge on any atom is 0.223 e. The molecule has 0 saturated heterocycles. The summed E-state index contributed by atoms with van der Waals surface area (Å²) < 4.78 is 0. The van der Waals surface area contributed by atoms with Crippen LogP contribution < -0.4 is 16.4 Å². The number of rotatable bonds is 13. The van der Waals surface area contributed by atoms with E-state index in [1.165, 1.54) is 0 Å². The minimum Gasteiger partial charge on any atom is -0.508 e. The van der Waals surface area contributed by atoms with Crippen molar-refractivity contribution in [1.29, 1.82) is 5.41 Å². The zero-order chi connectivity index (χ0) is 28.5. The summed E-state index contributed by atoms with van der Waals surface area (Å²) in [5.74, 6) is -0.412. The van der Waals surface area contributed by atoms with E-state index in [9.17, 15) is 14.7 Å². The van der Waals surface area contributed by atoms with Crippen molar-refractivity contribution in [2.24, 2.45) is 11.7 Å². The second-order valence-electron chi connectivity index (χ2n) is 10.2. The summed E-state index contributed by atoms with van der Waals surface area (Å²) in [6, 6.07) is 28.1. The zero-order valence-electron chi connectivity index (χ0n) is 22.7. The molecule has 2 atom stereocenters. The van der Waals surface area contributed by atoms with Gasteiger partial charge in [-0.15, -0.1) is 0 Å². The molecule has 4 aromatic carbocycles. The van der Waals surface area contributed by atoms with E-state index < -0.39 is 12.0 Å². The Morgan fingerprint density at radius 1 is 0.850 bits per heavy atom. The molecule has 7 heteroatoms. The molecular formula is C33H36N4O3. The Hall–Kier alpha value is -4.49. The second-order valence-corrected chi connectivity index (χ2v) is 10.2. The molecule has 40 heavy (non-hydrogen) atoms. The maximum atomic E-state index is 13.4. The molecule has 0 bridgehead atoms. The Balaban J connectivity index is 1.37. The summed E-state index contributed by atoms with van der Waals surface area (Å²) in [7, 11) is 0. The van der Waals surface area contributed by atoms with Gasteiger partial charge in [0.1, 0.15) is 11.6 Å². The van der Waals surface area contributed by atoms with Crippen molar-refractivity contribution in [3.05, 3.63) is 113 Å². The largest absolute Gasteiger partial charge is 0.508 e. The molecule has 0 aliphatic carbocycles. The van der Waals surface area contributed by atoms with Crippen LogP contribution in [-0.4, -0.2) is 28.7 Å². The number of phenols is 1. The molecule has 0 heterocycles. The van der Waals surface area contributed by atoms with Crippen LogP contribution in [0.15, 0.2) is 91.0 Å². The Bertz CT molecular complexity index is 1470. The fraction of sp³-hybridized carbons (Fsp3) is 0.242. The predicted molar refractivity (Wildman–Crippen MR) is 159 cm³/mol. The van der Waals surface area contributed by atoms with Gasteiger partial charge in [-0.05, 0) is 58.5 Å². The van der Waals surface area contributed by atoms with Gasteiger partial charge < -0.3 is 21.5 Å². The predicted octanol–water partition coefficient (Wildman–Crippen LogP) is 4.83. The first-order valence-electron chi connectivity index (χ1n) is 13.5. The number of hydrogen-bond acceptors (Lipinski definition) is 5. The second kappa shape index (κ2) is 13.5. The Morgan fingerprint density at radius 3 is 2.25 bits per heavy atom. The highest BCUT2D eigenvalue weighted by Crippen LogP contribution is 2.21. The van der Waals surface area contributed by atoms with E-state index in [0.717, 1.165) is 33.9 Å². The molecule has 0 aromatic heterocycles. The third-order valence-electron chi connectivity index (χ3n) is 7.08. The lowest BCUT2D eigenvalue weighted by atomic mass is 9.95. The normalized spacial score (nSPS) is 12.5. The number of amidine groups is 1. The first-order chi connectivity index (χ1) is 19.3. The van der Waals surface area contributed by atoms with Gasteiger partial charge >= 0.3 is 0 Å². The number of nitrogens with two attached hydrogens (primary N) is 1. The number of carbonyl (C=O) groups excluding carboxylic acids is 2. The van der Waals surface area contributed by atoms with Crippen LogP contribution in [0.25, 0.3) is 10.8 Å². The molecule has 0 radical (unpaired) electrons. The smallest absolute Gasteiger partial charge is 0.223 e. The minimum absolute atomic E-state index is 0.000878. The topological polar surface area (TPSA) is 128 Å². The van der Waals surface area contributed by atoms with Gasteiger partial charge in [0.2, 0.25) is 5.91 Å². The van der Waals surface area contributed by atoms with Crippen molar-refractivity contribution in [1.82, 2.24) is 10.6 Å². The number of Topliss-reactive ketones (excluding diaryl/α,β-unsaturated/α-hetero) is 1. The summed E-state index contributed by atoms with van der Waals surface area (Å²) >= 11 is 0. The van der Waals surface area contributed by atoms with Gasteiger partial charge in [0.25, 0.3) is 0 Å². The number of nitrogen functional groups attached to an aromatic ring is 1. The molecule has 0 fully saturated rings. The van der Waals surface area contributed by atoms with E-state index in [1.54, 1.807) is 31.2 Å². The van der Waals surface area contributed by atoms with E-state index in [1.807, 2.05) is 48.5 Å². The Labute approximate surface area is 234 Å². The number of aromatic hydroxyl groups is 1. The van der Waals surface area contributed by atoms with Crippen molar-refractivity contribution in [2.45, 2.75) is 45.3 Å². The van der Waals surface area contributed by atoms with Crippen LogP contribution in [0.1, 0.15) is 42.0 Å². The number of carbonyl (C=O) groups is 2. The van der Waals surface area contributed by atoms with E-state index >= 15 is 0 Å². The van der Waals surface area contributed by atoms with Gasteiger partial charge in [0.15, 0.2) is 5.78 Å². The van der Waals surface area contributed by atoms with Crippen molar-refractivity contribution in [2.75, 3.05) is 0 Å². The summed E-state index contributed by atoms with van der Waals surface area (Å²) in [6.07, 6.45) is 1.51. The first-order valence-corrected chi connectivity index (χ1v) is 13.5. The lowest BCUT2D eigenvalue weighted by molar-refractivity contribution is -0.129. The summed E-state index contributed by atoms with van der Waals surface area (Å²) in [5, 5.41) is 25.5. The van der Waals surface area contributed by atoms with Crippen LogP contribution in [0.4, 0.5) is 0 Å². The van der Waals surface area contributed by atoms with Crippen molar-refractivity contribution in [3.63, 3.8) is 0 Å². The van der Waals surface area contributed by atoms with E-state index in [2.05, 4.69) is 28.8 Å². The number of ketones is 1. The summed E-state index contributed by atoms with van der Waals surface area (Å²) in [4.78, 5) is 26.2. The zero-order valence-corrected chi connectivity index (χ0v) is 22.7. The van der Waals surface area contributed by atoms with Crippen molar-refractivity contribution < 1.29 is 14.7 Å². The molecule has 4 aromatic rings. The van der Waals surface area contributed by atoms with Crippen molar-refractivity contribution >= 4 is 28.3 Å². The fourth-order valence-corrected chi connectivity index (χ4v) is 4.67. The molecule has 0 aliphatic rings. The van der Waals surface area contributed by atoms with E-state index in [-0.39, 0.29) is 29.7 Å². The Kier molecular flexibility index (Phi) is 9.65. The number of fused-ring (bicyclic) bond motifs is 1. The van der Waals surface area contributed by atoms with Gasteiger partial charge in [-0.3, -0.25) is 15.0 Å². The number of aryl methyl sites for hydroxylation is 1. The highest BCUT2D eigenvalue weighted by Gasteiger charge is 2.23. The first kappa shape index (κ1) is 28.5. The van der Waals surface area contributed by atoms with Gasteiger partial charge in [-0.1, -0.05) is 79.7 Å². The maximum absolute atomic E-state index is 13.4. The lowest BCUT2D eigenvalue weighted by Gasteiger charge is -2.20. The highest BCUT2D eigenvalue weighted by atomic mass is 16.3.